The van der Waals surface area contributed by atoms with Crippen LogP contribution in [-0.2, 0) is 11.3 Å². The van der Waals surface area contributed by atoms with Gasteiger partial charge in [-0.2, -0.15) is 0 Å². The van der Waals surface area contributed by atoms with E-state index in [9.17, 15) is 0 Å². The van der Waals surface area contributed by atoms with Gasteiger partial charge in [0.05, 0.1) is 12.7 Å². The zero-order valence-electron chi connectivity index (χ0n) is 10.9. The van der Waals surface area contributed by atoms with Gasteiger partial charge in [0.2, 0.25) is 0 Å². The van der Waals surface area contributed by atoms with Crippen molar-refractivity contribution in [2.75, 3.05) is 0 Å². The minimum Gasteiger partial charge on any atom is -0.389 e. The van der Waals surface area contributed by atoms with Crippen molar-refractivity contribution < 1.29 is 4.74 Å². The van der Waals surface area contributed by atoms with E-state index in [1.54, 1.807) is 0 Å². The van der Waals surface area contributed by atoms with Crippen molar-refractivity contribution in [2.24, 2.45) is 11.7 Å². The van der Waals surface area contributed by atoms with Gasteiger partial charge in [0, 0.05) is 5.56 Å². The first-order valence-electron chi connectivity index (χ1n) is 6.67. The first-order chi connectivity index (χ1) is 8.66. The number of rotatable bonds is 4. The van der Waals surface area contributed by atoms with E-state index in [4.69, 9.17) is 22.7 Å². The maximum Gasteiger partial charge on any atom is 0.103 e. The topological polar surface area (TPSA) is 35.2 Å². The second-order valence-corrected chi connectivity index (χ2v) is 5.62. The van der Waals surface area contributed by atoms with Crippen molar-refractivity contribution in [1.82, 2.24) is 0 Å². The molecular weight excluding hydrogens is 242 g/mol. The second-order valence-electron chi connectivity index (χ2n) is 5.18. The van der Waals surface area contributed by atoms with E-state index >= 15 is 0 Å². The molecular formula is C15H21NOS. The Morgan fingerprint density at radius 1 is 1.39 bits per heavy atom. The monoisotopic (exact) mass is 263 g/mol. The lowest BCUT2D eigenvalue weighted by atomic mass is 9.88. The van der Waals surface area contributed by atoms with Crippen LogP contribution < -0.4 is 5.73 Å². The van der Waals surface area contributed by atoms with E-state index in [2.05, 4.69) is 13.0 Å². The maximum atomic E-state index is 6.03. The van der Waals surface area contributed by atoms with Gasteiger partial charge in [0.15, 0.2) is 0 Å². The maximum absolute atomic E-state index is 6.03. The lowest BCUT2D eigenvalue weighted by Crippen LogP contribution is -2.25. The molecule has 1 saturated carbocycles. The predicted octanol–water partition coefficient (Wildman–Crippen LogP) is 3.42. The lowest BCUT2D eigenvalue weighted by molar-refractivity contribution is -0.0154. The first-order valence-corrected chi connectivity index (χ1v) is 7.08. The Balaban J connectivity index is 1.93. The Hall–Kier alpha value is -0.930. The number of nitrogens with two attached hydrogens (primary N) is 1. The standard InChI is InChI=1S/C15H21NOS/c1-11-5-2-3-8-14(11)17-10-12-6-4-7-13(9-12)15(16)18/h4,6-7,9,11,14H,2-3,5,8,10H2,1H3,(H2,16,18). The molecule has 0 aromatic heterocycles. The summed E-state index contributed by atoms with van der Waals surface area (Å²) >= 11 is 4.99. The quantitative estimate of drug-likeness (QED) is 0.845. The average Bonchev–Trinajstić information content (AvgIpc) is 2.38. The highest BCUT2D eigenvalue weighted by molar-refractivity contribution is 7.80. The molecule has 3 heteroatoms. The predicted molar refractivity (Wildman–Crippen MR) is 78.5 cm³/mol. The van der Waals surface area contributed by atoms with Crippen LogP contribution in [0.4, 0.5) is 0 Å². The van der Waals surface area contributed by atoms with Crippen LogP contribution >= 0.6 is 12.2 Å². The van der Waals surface area contributed by atoms with Crippen LogP contribution in [0.3, 0.4) is 0 Å². The molecule has 18 heavy (non-hydrogen) atoms. The van der Waals surface area contributed by atoms with E-state index < -0.39 is 0 Å². The van der Waals surface area contributed by atoms with Gasteiger partial charge < -0.3 is 10.5 Å². The molecule has 0 spiro atoms. The van der Waals surface area contributed by atoms with Crippen LogP contribution in [-0.4, -0.2) is 11.1 Å². The summed E-state index contributed by atoms with van der Waals surface area (Å²) in [6.45, 7) is 2.95. The zero-order chi connectivity index (χ0) is 13.0. The second kappa shape index (κ2) is 6.30. The molecule has 0 aliphatic heterocycles. The van der Waals surface area contributed by atoms with Gasteiger partial charge in [0.25, 0.3) is 0 Å². The Kier molecular flexibility index (Phi) is 4.72. The third-order valence-electron chi connectivity index (χ3n) is 3.71. The van der Waals surface area contributed by atoms with E-state index in [0.29, 0.717) is 23.6 Å². The summed E-state index contributed by atoms with van der Waals surface area (Å²) in [5.41, 5.74) is 7.70. The van der Waals surface area contributed by atoms with Crippen molar-refractivity contribution in [3.8, 4) is 0 Å². The average molecular weight is 263 g/mol. The summed E-state index contributed by atoms with van der Waals surface area (Å²) in [4.78, 5) is 0.447. The van der Waals surface area contributed by atoms with Crippen LogP contribution in [0.1, 0.15) is 43.7 Å². The van der Waals surface area contributed by atoms with E-state index in [1.807, 2.05) is 18.2 Å². The molecule has 0 radical (unpaired) electrons. The molecule has 1 aliphatic rings. The summed E-state index contributed by atoms with van der Waals surface area (Å²) in [5.74, 6) is 0.678. The Bertz CT molecular complexity index is 419. The zero-order valence-corrected chi connectivity index (χ0v) is 11.7. The molecule has 1 aliphatic carbocycles. The molecule has 2 unspecified atom stereocenters. The smallest absolute Gasteiger partial charge is 0.103 e. The molecule has 2 atom stereocenters. The van der Waals surface area contributed by atoms with Gasteiger partial charge >= 0.3 is 0 Å². The molecule has 0 heterocycles. The van der Waals surface area contributed by atoms with Crippen LogP contribution in [0.5, 0.6) is 0 Å². The highest BCUT2D eigenvalue weighted by atomic mass is 32.1. The molecule has 2 rings (SSSR count). The van der Waals surface area contributed by atoms with Crippen molar-refractivity contribution >= 4 is 17.2 Å². The highest BCUT2D eigenvalue weighted by Gasteiger charge is 2.21. The lowest BCUT2D eigenvalue weighted by Gasteiger charge is -2.28. The largest absolute Gasteiger partial charge is 0.389 e. The van der Waals surface area contributed by atoms with Crippen LogP contribution in [0, 0.1) is 5.92 Å². The summed E-state index contributed by atoms with van der Waals surface area (Å²) in [6.07, 6.45) is 5.53. The molecule has 0 bridgehead atoms. The molecule has 0 amide bonds. The summed E-state index contributed by atoms with van der Waals surface area (Å²) < 4.78 is 6.03. The van der Waals surface area contributed by atoms with Gasteiger partial charge in [-0.25, -0.2) is 0 Å². The van der Waals surface area contributed by atoms with E-state index in [0.717, 1.165) is 11.1 Å². The molecule has 0 saturated heterocycles. The molecule has 2 N–H and O–H groups in total. The fourth-order valence-electron chi connectivity index (χ4n) is 2.55. The van der Waals surface area contributed by atoms with Crippen molar-refractivity contribution in [2.45, 2.75) is 45.3 Å². The normalized spacial score (nSPS) is 23.8. The van der Waals surface area contributed by atoms with E-state index in [-0.39, 0.29) is 0 Å². The van der Waals surface area contributed by atoms with Gasteiger partial charge in [-0.1, -0.05) is 50.2 Å². The fourth-order valence-corrected chi connectivity index (χ4v) is 2.67. The number of benzene rings is 1. The number of hydrogen-bond acceptors (Lipinski definition) is 2. The summed E-state index contributed by atoms with van der Waals surface area (Å²) in [7, 11) is 0. The van der Waals surface area contributed by atoms with Gasteiger partial charge in [-0.3, -0.25) is 0 Å². The molecule has 1 fully saturated rings. The fraction of sp³-hybridized carbons (Fsp3) is 0.533. The summed E-state index contributed by atoms with van der Waals surface area (Å²) in [5, 5.41) is 0. The first kappa shape index (κ1) is 13.5. The Morgan fingerprint density at radius 3 is 2.89 bits per heavy atom. The molecule has 1 aromatic carbocycles. The van der Waals surface area contributed by atoms with Crippen LogP contribution in [0.2, 0.25) is 0 Å². The molecule has 2 nitrogen and oxygen atoms in total. The Labute approximate surface area is 115 Å². The van der Waals surface area contributed by atoms with E-state index in [1.165, 1.54) is 25.7 Å². The third-order valence-corrected chi connectivity index (χ3v) is 3.94. The van der Waals surface area contributed by atoms with Gasteiger partial charge in [-0.15, -0.1) is 0 Å². The minimum atomic E-state index is 0.409. The van der Waals surface area contributed by atoms with Gasteiger partial charge in [0.1, 0.15) is 4.99 Å². The number of hydrogen-bond donors (Lipinski definition) is 1. The molecule has 98 valence electrons. The molecule has 1 aromatic rings. The summed E-state index contributed by atoms with van der Waals surface area (Å²) in [6, 6.07) is 8.01. The van der Waals surface area contributed by atoms with Crippen LogP contribution in [0.15, 0.2) is 24.3 Å². The van der Waals surface area contributed by atoms with Crippen molar-refractivity contribution in [3.63, 3.8) is 0 Å². The SMILES string of the molecule is CC1CCCCC1OCc1cccc(C(N)=S)c1. The highest BCUT2D eigenvalue weighted by Crippen LogP contribution is 2.27. The number of thiocarbonyl (C=S) groups is 1. The Morgan fingerprint density at radius 2 is 2.17 bits per heavy atom. The minimum absolute atomic E-state index is 0.409. The van der Waals surface area contributed by atoms with Gasteiger partial charge in [-0.05, 0) is 30.4 Å². The van der Waals surface area contributed by atoms with Crippen molar-refractivity contribution in [3.05, 3.63) is 35.4 Å². The third kappa shape index (κ3) is 3.53. The number of ether oxygens (including phenoxy) is 1. The van der Waals surface area contributed by atoms with Crippen molar-refractivity contribution in [1.29, 1.82) is 0 Å². The van der Waals surface area contributed by atoms with Crippen LogP contribution in [0.25, 0.3) is 0 Å².